The summed E-state index contributed by atoms with van der Waals surface area (Å²) in [6, 6.07) is 11.8. The van der Waals surface area contributed by atoms with Crippen LogP contribution in [0.3, 0.4) is 0 Å². The topological polar surface area (TPSA) is 42.0 Å². The Bertz CT molecular complexity index is 814. The Balaban J connectivity index is 1.82. The molecule has 0 atom stereocenters. The SMILES string of the molecule is CCSc1ccc(C(=O)Nc2nc3c(C)ccc(C)c3s2)cc1. The zero-order valence-corrected chi connectivity index (χ0v) is 15.0. The molecule has 0 unspecified atom stereocenters. The van der Waals surface area contributed by atoms with Crippen LogP contribution in [-0.2, 0) is 0 Å². The van der Waals surface area contributed by atoms with Crippen LogP contribution >= 0.6 is 23.1 Å². The number of thiazole rings is 1. The van der Waals surface area contributed by atoms with E-state index in [4.69, 9.17) is 0 Å². The standard InChI is InChI=1S/C18H18N2OS2/c1-4-22-14-9-7-13(8-10-14)17(21)20-18-19-15-11(2)5-6-12(3)16(15)23-18/h5-10H,4H2,1-3H3,(H,19,20,21). The van der Waals surface area contributed by atoms with Crippen molar-refractivity contribution in [2.45, 2.75) is 25.7 Å². The smallest absolute Gasteiger partial charge is 0.257 e. The van der Waals surface area contributed by atoms with Crippen LogP contribution < -0.4 is 5.32 Å². The predicted octanol–water partition coefficient (Wildman–Crippen LogP) is 5.28. The summed E-state index contributed by atoms with van der Waals surface area (Å²) < 4.78 is 1.13. The van der Waals surface area contributed by atoms with Gasteiger partial charge >= 0.3 is 0 Å². The number of aryl methyl sites for hydroxylation is 2. The van der Waals surface area contributed by atoms with Gasteiger partial charge in [0.2, 0.25) is 0 Å². The van der Waals surface area contributed by atoms with Crippen molar-refractivity contribution in [3.8, 4) is 0 Å². The summed E-state index contributed by atoms with van der Waals surface area (Å²) in [5, 5.41) is 3.56. The van der Waals surface area contributed by atoms with Gasteiger partial charge in [0.15, 0.2) is 5.13 Å². The number of amides is 1. The number of fused-ring (bicyclic) bond motifs is 1. The van der Waals surface area contributed by atoms with Crippen LogP contribution in [0.4, 0.5) is 5.13 Å². The lowest BCUT2D eigenvalue weighted by atomic mass is 10.1. The molecule has 0 spiro atoms. The summed E-state index contributed by atoms with van der Waals surface area (Å²) in [6.45, 7) is 6.22. The highest BCUT2D eigenvalue weighted by Gasteiger charge is 2.12. The third kappa shape index (κ3) is 3.41. The molecule has 0 saturated carbocycles. The first-order chi connectivity index (χ1) is 11.1. The van der Waals surface area contributed by atoms with E-state index in [1.165, 1.54) is 21.8 Å². The minimum absolute atomic E-state index is 0.118. The fourth-order valence-corrected chi connectivity index (χ4v) is 4.02. The average molecular weight is 342 g/mol. The van der Waals surface area contributed by atoms with Crippen LogP contribution in [-0.4, -0.2) is 16.6 Å². The van der Waals surface area contributed by atoms with Gasteiger partial charge in [-0.05, 0) is 55.0 Å². The number of nitrogens with one attached hydrogen (secondary N) is 1. The zero-order valence-electron chi connectivity index (χ0n) is 13.3. The molecule has 1 heterocycles. The Kier molecular flexibility index (Phi) is 4.68. The van der Waals surface area contributed by atoms with Gasteiger partial charge in [-0.25, -0.2) is 4.98 Å². The molecule has 5 heteroatoms. The number of carbonyl (C=O) groups is 1. The minimum atomic E-state index is -0.118. The van der Waals surface area contributed by atoms with Crippen LogP contribution in [0, 0.1) is 13.8 Å². The van der Waals surface area contributed by atoms with Crippen LogP contribution in [0.2, 0.25) is 0 Å². The van der Waals surface area contributed by atoms with Gasteiger partial charge in [0.25, 0.3) is 5.91 Å². The molecule has 0 bridgehead atoms. The maximum atomic E-state index is 12.4. The van der Waals surface area contributed by atoms with Crippen LogP contribution in [0.25, 0.3) is 10.2 Å². The first kappa shape index (κ1) is 16.0. The number of nitrogens with zero attached hydrogens (tertiary/aromatic N) is 1. The molecule has 1 aromatic heterocycles. The number of thioether (sulfide) groups is 1. The van der Waals surface area contributed by atoms with E-state index < -0.39 is 0 Å². The molecule has 0 aliphatic carbocycles. The first-order valence-electron chi connectivity index (χ1n) is 7.49. The second-order valence-corrected chi connectivity index (χ2v) is 7.64. The fourth-order valence-electron chi connectivity index (χ4n) is 2.35. The molecule has 1 amide bonds. The van der Waals surface area contributed by atoms with Crippen molar-refractivity contribution in [3.05, 3.63) is 53.1 Å². The fraction of sp³-hybridized carbons (Fsp3) is 0.222. The number of hydrogen-bond donors (Lipinski definition) is 1. The van der Waals surface area contributed by atoms with Crippen molar-refractivity contribution < 1.29 is 4.79 Å². The van der Waals surface area contributed by atoms with Crippen molar-refractivity contribution in [2.24, 2.45) is 0 Å². The Morgan fingerprint density at radius 1 is 1.13 bits per heavy atom. The molecule has 0 radical (unpaired) electrons. The molecular formula is C18H18N2OS2. The Hall–Kier alpha value is -1.85. The lowest BCUT2D eigenvalue weighted by molar-refractivity contribution is 0.102. The van der Waals surface area contributed by atoms with Crippen molar-refractivity contribution in [2.75, 3.05) is 11.1 Å². The second-order valence-electron chi connectivity index (χ2n) is 5.31. The summed E-state index contributed by atoms with van der Waals surface area (Å²) in [6.07, 6.45) is 0. The molecule has 23 heavy (non-hydrogen) atoms. The molecule has 1 N–H and O–H groups in total. The monoisotopic (exact) mass is 342 g/mol. The lowest BCUT2D eigenvalue weighted by Crippen LogP contribution is -2.11. The molecule has 3 rings (SSSR count). The third-order valence-corrected chi connectivity index (χ3v) is 5.59. The summed E-state index contributed by atoms with van der Waals surface area (Å²) in [7, 11) is 0. The molecule has 118 valence electrons. The predicted molar refractivity (Wildman–Crippen MR) is 99.9 cm³/mol. The molecule has 0 saturated heterocycles. The Morgan fingerprint density at radius 2 is 1.83 bits per heavy atom. The average Bonchev–Trinajstić information content (AvgIpc) is 2.97. The number of carbonyl (C=O) groups excluding carboxylic acids is 1. The molecule has 3 nitrogen and oxygen atoms in total. The highest BCUT2D eigenvalue weighted by atomic mass is 32.2. The Labute approximate surface area is 144 Å². The summed E-state index contributed by atoms with van der Waals surface area (Å²) in [5.74, 6) is 0.906. The van der Waals surface area contributed by atoms with E-state index in [2.05, 4.69) is 36.3 Å². The molecule has 0 aliphatic heterocycles. The zero-order chi connectivity index (χ0) is 16.4. The summed E-state index contributed by atoms with van der Waals surface area (Å²) >= 11 is 3.29. The number of hydrogen-bond acceptors (Lipinski definition) is 4. The first-order valence-corrected chi connectivity index (χ1v) is 9.29. The molecule has 3 aromatic rings. The molecule has 2 aromatic carbocycles. The van der Waals surface area contributed by atoms with Gasteiger partial charge in [-0.1, -0.05) is 30.4 Å². The number of anilines is 1. The van der Waals surface area contributed by atoms with Gasteiger partial charge in [-0.3, -0.25) is 10.1 Å². The van der Waals surface area contributed by atoms with Crippen LogP contribution in [0.1, 0.15) is 28.4 Å². The maximum absolute atomic E-state index is 12.4. The Morgan fingerprint density at radius 3 is 2.48 bits per heavy atom. The number of aromatic nitrogens is 1. The number of benzene rings is 2. The van der Waals surface area contributed by atoms with Crippen molar-refractivity contribution in [1.82, 2.24) is 4.98 Å². The van der Waals surface area contributed by atoms with E-state index in [9.17, 15) is 4.79 Å². The maximum Gasteiger partial charge on any atom is 0.257 e. The van der Waals surface area contributed by atoms with Gasteiger partial charge in [0, 0.05) is 10.5 Å². The largest absolute Gasteiger partial charge is 0.298 e. The quantitative estimate of drug-likeness (QED) is 0.656. The third-order valence-electron chi connectivity index (χ3n) is 3.59. The van der Waals surface area contributed by atoms with Gasteiger partial charge in [-0.2, -0.15) is 0 Å². The van der Waals surface area contributed by atoms with Crippen molar-refractivity contribution in [1.29, 1.82) is 0 Å². The highest BCUT2D eigenvalue weighted by molar-refractivity contribution is 7.99. The van der Waals surface area contributed by atoms with Crippen LogP contribution in [0.15, 0.2) is 41.3 Å². The minimum Gasteiger partial charge on any atom is -0.298 e. The van der Waals surface area contributed by atoms with E-state index in [1.54, 1.807) is 11.8 Å². The van der Waals surface area contributed by atoms with E-state index in [-0.39, 0.29) is 5.91 Å². The molecular weight excluding hydrogens is 324 g/mol. The molecule has 0 fully saturated rings. The summed E-state index contributed by atoms with van der Waals surface area (Å²) in [4.78, 5) is 18.1. The van der Waals surface area contributed by atoms with E-state index in [0.29, 0.717) is 10.7 Å². The van der Waals surface area contributed by atoms with Gasteiger partial charge in [-0.15, -0.1) is 11.8 Å². The van der Waals surface area contributed by atoms with Crippen molar-refractivity contribution in [3.63, 3.8) is 0 Å². The van der Waals surface area contributed by atoms with Gasteiger partial charge in [0.05, 0.1) is 10.2 Å². The summed E-state index contributed by atoms with van der Waals surface area (Å²) in [5.41, 5.74) is 3.94. The van der Waals surface area contributed by atoms with Crippen LogP contribution in [0.5, 0.6) is 0 Å². The highest BCUT2D eigenvalue weighted by Crippen LogP contribution is 2.31. The number of rotatable bonds is 4. The lowest BCUT2D eigenvalue weighted by Gasteiger charge is -2.03. The normalized spacial score (nSPS) is 10.9. The van der Waals surface area contributed by atoms with E-state index >= 15 is 0 Å². The molecule has 0 aliphatic rings. The second kappa shape index (κ2) is 6.72. The van der Waals surface area contributed by atoms with E-state index in [0.717, 1.165) is 21.5 Å². The van der Waals surface area contributed by atoms with E-state index in [1.807, 2.05) is 31.2 Å². The van der Waals surface area contributed by atoms with Crippen molar-refractivity contribution >= 4 is 44.4 Å². The van der Waals surface area contributed by atoms with Gasteiger partial charge < -0.3 is 0 Å². The van der Waals surface area contributed by atoms with Gasteiger partial charge in [0.1, 0.15) is 0 Å².